The maximum absolute atomic E-state index is 13.0. The molecule has 13 heavy (non-hydrogen) atoms. The molecule has 0 saturated carbocycles. The minimum atomic E-state index is -3.18. The Balaban J connectivity index is 3.16. The fraction of sp³-hybridized carbons (Fsp3) is 0.250. The number of benzene rings is 1. The molecule has 3 N–H and O–H groups in total. The molecule has 0 saturated heterocycles. The second kappa shape index (κ2) is 3.59. The van der Waals surface area contributed by atoms with Crippen molar-refractivity contribution in [3.8, 4) is 5.75 Å². The summed E-state index contributed by atoms with van der Waals surface area (Å²) in [5, 5.41) is 9.19. The molecule has 1 aromatic rings. The van der Waals surface area contributed by atoms with Crippen LogP contribution in [0.25, 0.3) is 0 Å². The molecule has 0 fully saturated rings. The number of aromatic hydroxyl groups is 1. The highest BCUT2D eigenvalue weighted by atomic mass is 79.9. The van der Waals surface area contributed by atoms with Crippen LogP contribution in [-0.4, -0.2) is 11.7 Å². The van der Waals surface area contributed by atoms with E-state index in [0.717, 1.165) is 6.07 Å². The minimum absolute atomic E-state index is 0.446. The van der Waals surface area contributed by atoms with Crippen molar-refractivity contribution in [1.82, 2.24) is 0 Å². The van der Waals surface area contributed by atoms with Crippen molar-refractivity contribution >= 4 is 15.9 Å². The SMILES string of the molecule is NCC(F)(F)c1ccc(Br)cc1O. The molecule has 1 aromatic carbocycles. The van der Waals surface area contributed by atoms with Gasteiger partial charge in [0, 0.05) is 4.47 Å². The van der Waals surface area contributed by atoms with Crippen LogP contribution in [-0.2, 0) is 5.92 Å². The van der Waals surface area contributed by atoms with E-state index < -0.39 is 23.8 Å². The molecule has 0 aromatic heterocycles. The van der Waals surface area contributed by atoms with E-state index in [1.165, 1.54) is 12.1 Å². The van der Waals surface area contributed by atoms with Crippen molar-refractivity contribution in [2.45, 2.75) is 5.92 Å². The first-order valence-corrected chi connectivity index (χ1v) is 4.33. The molecule has 0 radical (unpaired) electrons. The summed E-state index contributed by atoms with van der Waals surface area (Å²) in [6.45, 7) is -0.817. The van der Waals surface area contributed by atoms with Gasteiger partial charge in [0.1, 0.15) is 5.75 Å². The van der Waals surface area contributed by atoms with E-state index in [9.17, 15) is 13.9 Å². The molecule has 0 spiro atoms. The maximum Gasteiger partial charge on any atom is 0.288 e. The Kier molecular flexibility index (Phi) is 2.87. The first kappa shape index (κ1) is 10.4. The quantitative estimate of drug-likeness (QED) is 0.847. The molecule has 0 atom stereocenters. The number of rotatable bonds is 2. The van der Waals surface area contributed by atoms with Gasteiger partial charge in [-0.25, -0.2) is 0 Å². The zero-order valence-corrected chi connectivity index (χ0v) is 8.18. The second-order valence-corrected chi connectivity index (χ2v) is 3.49. The highest BCUT2D eigenvalue weighted by Gasteiger charge is 2.32. The molecule has 2 nitrogen and oxygen atoms in total. The highest BCUT2D eigenvalue weighted by Crippen LogP contribution is 2.34. The number of hydrogen-bond acceptors (Lipinski definition) is 2. The lowest BCUT2D eigenvalue weighted by Gasteiger charge is -2.15. The van der Waals surface area contributed by atoms with Crippen molar-refractivity contribution < 1.29 is 13.9 Å². The van der Waals surface area contributed by atoms with E-state index in [1.807, 2.05) is 0 Å². The van der Waals surface area contributed by atoms with Crippen molar-refractivity contribution in [1.29, 1.82) is 0 Å². The van der Waals surface area contributed by atoms with Crippen LogP contribution >= 0.6 is 15.9 Å². The molecule has 5 heteroatoms. The summed E-state index contributed by atoms with van der Waals surface area (Å²) in [7, 11) is 0. The Morgan fingerprint density at radius 3 is 2.54 bits per heavy atom. The van der Waals surface area contributed by atoms with Gasteiger partial charge in [0.2, 0.25) is 0 Å². The lowest BCUT2D eigenvalue weighted by atomic mass is 10.1. The standard InChI is InChI=1S/C8H8BrF2NO/c9-5-1-2-6(7(13)3-5)8(10,11)4-12/h1-3,13H,4,12H2. The third-order valence-corrected chi connectivity index (χ3v) is 2.10. The fourth-order valence-corrected chi connectivity index (χ4v) is 1.27. The van der Waals surface area contributed by atoms with Crippen molar-refractivity contribution in [2.75, 3.05) is 6.54 Å². The summed E-state index contributed by atoms with van der Waals surface area (Å²) >= 11 is 3.05. The van der Waals surface area contributed by atoms with Gasteiger partial charge in [0.15, 0.2) is 0 Å². The summed E-state index contributed by atoms with van der Waals surface area (Å²) in [5.74, 6) is -3.63. The first-order chi connectivity index (χ1) is 5.97. The van der Waals surface area contributed by atoms with Crippen LogP contribution in [0.4, 0.5) is 8.78 Å². The molecular formula is C8H8BrF2NO. The summed E-state index contributed by atoms with van der Waals surface area (Å²) in [4.78, 5) is 0. The lowest BCUT2D eigenvalue weighted by molar-refractivity contribution is 0.00376. The number of phenolic OH excluding ortho intramolecular Hbond substituents is 1. The highest BCUT2D eigenvalue weighted by molar-refractivity contribution is 9.10. The molecule has 72 valence electrons. The first-order valence-electron chi connectivity index (χ1n) is 3.54. The zero-order valence-electron chi connectivity index (χ0n) is 6.60. The van der Waals surface area contributed by atoms with Crippen molar-refractivity contribution in [3.63, 3.8) is 0 Å². The van der Waals surface area contributed by atoms with E-state index in [2.05, 4.69) is 15.9 Å². The van der Waals surface area contributed by atoms with Gasteiger partial charge in [0.05, 0.1) is 12.1 Å². The molecule has 0 heterocycles. The van der Waals surface area contributed by atoms with Gasteiger partial charge in [0.25, 0.3) is 5.92 Å². The van der Waals surface area contributed by atoms with Gasteiger partial charge >= 0.3 is 0 Å². The van der Waals surface area contributed by atoms with Crippen LogP contribution in [0.5, 0.6) is 5.75 Å². The third kappa shape index (κ3) is 2.16. The van der Waals surface area contributed by atoms with Crippen LogP contribution in [0.2, 0.25) is 0 Å². The molecule has 1 rings (SSSR count). The van der Waals surface area contributed by atoms with Crippen molar-refractivity contribution in [3.05, 3.63) is 28.2 Å². The monoisotopic (exact) mass is 251 g/mol. The summed E-state index contributed by atoms with van der Waals surface area (Å²) in [6.07, 6.45) is 0. The average molecular weight is 252 g/mol. The number of alkyl halides is 2. The second-order valence-electron chi connectivity index (χ2n) is 2.57. The number of hydrogen-bond donors (Lipinski definition) is 2. The van der Waals surface area contributed by atoms with Gasteiger partial charge in [-0.2, -0.15) is 8.78 Å². The largest absolute Gasteiger partial charge is 0.507 e. The summed E-state index contributed by atoms with van der Waals surface area (Å²) < 4.78 is 26.5. The Hall–Kier alpha value is -0.680. The Morgan fingerprint density at radius 2 is 2.08 bits per heavy atom. The predicted molar refractivity (Wildman–Crippen MR) is 48.8 cm³/mol. The number of nitrogens with two attached hydrogens (primary N) is 1. The maximum atomic E-state index is 13.0. The molecule has 0 amide bonds. The van der Waals surface area contributed by atoms with Gasteiger partial charge in [-0.05, 0) is 18.2 Å². The van der Waals surface area contributed by atoms with Gasteiger partial charge in [-0.1, -0.05) is 15.9 Å². The topological polar surface area (TPSA) is 46.2 Å². The number of halogens is 3. The smallest absolute Gasteiger partial charge is 0.288 e. The lowest BCUT2D eigenvalue weighted by Crippen LogP contribution is -2.25. The van der Waals surface area contributed by atoms with E-state index in [-0.39, 0.29) is 0 Å². The number of phenols is 1. The van der Waals surface area contributed by atoms with Crippen molar-refractivity contribution in [2.24, 2.45) is 5.73 Å². The van der Waals surface area contributed by atoms with Gasteiger partial charge in [-0.3, -0.25) is 0 Å². The van der Waals surface area contributed by atoms with E-state index in [0.29, 0.717) is 4.47 Å². The third-order valence-electron chi connectivity index (χ3n) is 1.61. The normalized spacial score (nSPS) is 11.7. The molecule has 0 aliphatic rings. The Bertz CT molecular complexity index is 317. The fourth-order valence-electron chi connectivity index (χ4n) is 0.924. The molecular weight excluding hydrogens is 244 g/mol. The molecule has 0 unspecified atom stereocenters. The van der Waals surface area contributed by atoms with Crippen LogP contribution in [0.3, 0.4) is 0 Å². The van der Waals surface area contributed by atoms with Crippen LogP contribution in [0.1, 0.15) is 5.56 Å². The molecule has 0 aliphatic heterocycles. The molecule has 0 aliphatic carbocycles. The molecule has 0 bridgehead atoms. The van der Waals surface area contributed by atoms with E-state index in [4.69, 9.17) is 5.73 Å². The van der Waals surface area contributed by atoms with Crippen LogP contribution < -0.4 is 5.73 Å². The summed E-state index contributed by atoms with van der Waals surface area (Å²) in [5.41, 5.74) is 4.43. The predicted octanol–water partition coefficient (Wildman–Crippen LogP) is 2.21. The van der Waals surface area contributed by atoms with Crippen LogP contribution in [0.15, 0.2) is 22.7 Å². The zero-order chi connectivity index (χ0) is 10.1. The van der Waals surface area contributed by atoms with Crippen LogP contribution in [0, 0.1) is 0 Å². The summed E-state index contributed by atoms with van der Waals surface area (Å²) in [6, 6.07) is 3.78. The van der Waals surface area contributed by atoms with E-state index in [1.54, 1.807) is 0 Å². The van der Waals surface area contributed by atoms with E-state index >= 15 is 0 Å². The average Bonchev–Trinajstić information content (AvgIpc) is 2.03. The Labute approximate surface area is 82.5 Å². The minimum Gasteiger partial charge on any atom is -0.507 e. The van der Waals surface area contributed by atoms with Gasteiger partial charge < -0.3 is 10.8 Å². The van der Waals surface area contributed by atoms with Gasteiger partial charge in [-0.15, -0.1) is 0 Å². The Morgan fingerprint density at radius 1 is 1.46 bits per heavy atom.